The molecule has 0 aliphatic rings. The van der Waals surface area contributed by atoms with Gasteiger partial charge in [0.05, 0.1) is 17.3 Å². The molecule has 0 bridgehead atoms. The van der Waals surface area contributed by atoms with Gasteiger partial charge in [0.25, 0.3) is 0 Å². The summed E-state index contributed by atoms with van der Waals surface area (Å²) in [5, 5.41) is 4.01. The standard InChI is InChI=1S/C16H15ClN4O6S2/c1-10-18-15(17)21-16(19-10)20-12-6-5-11-3-2-4-14(13(11)9-12)28(22,23)8-7-27-29(24,25)26/h2-6,9H,7-8H2,1H3,(H,24,25,26)(H,18,19,20,21). The van der Waals surface area contributed by atoms with Gasteiger partial charge in [-0.25, -0.2) is 17.6 Å². The summed E-state index contributed by atoms with van der Waals surface area (Å²) in [6, 6.07) is 9.73. The molecule has 0 aliphatic heterocycles. The average molecular weight is 459 g/mol. The molecule has 0 fully saturated rings. The molecule has 0 amide bonds. The van der Waals surface area contributed by atoms with E-state index in [1.807, 2.05) is 0 Å². The third-order valence-electron chi connectivity index (χ3n) is 3.74. The van der Waals surface area contributed by atoms with Gasteiger partial charge in [0.1, 0.15) is 5.82 Å². The second-order valence-electron chi connectivity index (χ2n) is 5.86. The van der Waals surface area contributed by atoms with Crippen molar-refractivity contribution in [2.24, 2.45) is 0 Å². The lowest BCUT2D eigenvalue weighted by molar-refractivity contribution is 0.284. The lowest BCUT2D eigenvalue weighted by Crippen LogP contribution is -2.15. The average Bonchev–Trinajstić information content (AvgIpc) is 2.59. The van der Waals surface area contributed by atoms with Crippen LogP contribution in [0.2, 0.25) is 5.28 Å². The van der Waals surface area contributed by atoms with Crippen molar-refractivity contribution in [1.29, 1.82) is 0 Å². The molecule has 13 heteroatoms. The number of hydrogen-bond donors (Lipinski definition) is 2. The summed E-state index contributed by atoms with van der Waals surface area (Å²) >= 11 is 5.82. The van der Waals surface area contributed by atoms with E-state index in [1.165, 1.54) is 6.07 Å². The van der Waals surface area contributed by atoms with Crippen LogP contribution in [0.4, 0.5) is 11.6 Å². The fourth-order valence-electron chi connectivity index (χ4n) is 2.59. The second-order valence-corrected chi connectivity index (χ2v) is 9.37. The van der Waals surface area contributed by atoms with Crippen molar-refractivity contribution >= 4 is 54.2 Å². The van der Waals surface area contributed by atoms with Crippen LogP contribution in [0.1, 0.15) is 5.82 Å². The largest absolute Gasteiger partial charge is 0.397 e. The Morgan fingerprint density at radius 3 is 2.55 bits per heavy atom. The molecule has 1 heterocycles. The van der Waals surface area contributed by atoms with Gasteiger partial charge < -0.3 is 5.32 Å². The third kappa shape index (κ3) is 5.58. The van der Waals surface area contributed by atoms with Crippen molar-refractivity contribution in [2.75, 3.05) is 17.7 Å². The van der Waals surface area contributed by atoms with E-state index in [9.17, 15) is 16.8 Å². The predicted octanol–water partition coefficient (Wildman–Crippen LogP) is 2.32. The molecule has 10 nitrogen and oxygen atoms in total. The fraction of sp³-hybridized carbons (Fsp3) is 0.188. The molecule has 0 spiro atoms. The summed E-state index contributed by atoms with van der Waals surface area (Å²) in [6.07, 6.45) is 0. The van der Waals surface area contributed by atoms with Crippen molar-refractivity contribution in [2.45, 2.75) is 11.8 Å². The first-order valence-corrected chi connectivity index (χ1v) is 11.5. The van der Waals surface area contributed by atoms with Crippen LogP contribution in [-0.4, -0.2) is 48.7 Å². The number of halogens is 1. The highest BCUT2D eigenvalue weighted by molar-refractivity contribution is 7.91. The maximum absolute atomic E-state index is 12.7. The first-order chi connectivity index (χ1) is 13.5. The highest BCUT2D eigenvalue weighted by Gasteiger charge is 2.19. The Labute approximate surface area is 171 Å². The molecule has 0 radical (unpaired) electrons. The molecule has 0 saturated carbocycles. The van der Waals surface area contributed by atoms with Gasteiger partial charge >= 0.3 is 10.4 Å². The minimum Gasteiger partial charge on any atom is -0.324 e. The van der Waals surface area contributed by atoms with Crippen molar-refractivity contribution in [3.8, 4) is 0 Å². The highest BCUT2D eigenvalue weighted by Crippen LogP contribution is 2.28. The van der Waals surface area contributed by atoms with Gasteiger partial charge in [0.2, 0.25) is 11.2 Å². The highest BCUT2D eigenvalue weighted by atomic mass is 35.5. The molecule has 0 atom stereocenters. The van der Waals surface area contributed by atoms with Gasteiger partial charge in [-0.2, -0.15) is 18.4 Å². The van der Waals surface area contributed by atoms with Crippen molar-refractivity contribution in [3.05, 3.63) is 47.5 Å². The summed E-state index contributed by atoms with van der Waals surface area (Å²) < 4.78 is 59.3. The predicted molar refractivity (Wildman–Crippen MR) is 106 cm³/mol. The van der Waals surface area contributed by atoms with E-state index >= 15 is 0 Å². The number of nitrogens with one attached hydrogen (secondary N) is 1. The Balaban J connectivity index is 1.95. The lowest BCUT2D eigenvalue weighted by Gasteiger charge is -2.11. The van der Waals surface area contributed by atoms with Gasteiger partial charge in [-0.15, -0.1) is 0 Å². The molecule has 1 aromatic heterocycles. The lowest BCUT2D eigenvalue weighted by atomic mass is 10.1. The van der Waals surface area contributed by atoms with Crippen molar-refractivity contribution < 1.29 is 25.6 Å². The topological polar surface area (TPSA) is 148 Å². The van der Waals surface area contributed by atoms with Crippen LogP contribution in [0.5, 0.6) is 0 Å². The smallest absolute Gasteiger partial charge is 0.324 e. The van der Waals surface area contributed by atoms with Crippen LogP contribution in [0.25, 0.3) is 10.8 Å². The molecule has 0 unspecified atom stereocenters. The number of nitrogens with zero attached hydrogens (tertiary/aromatic N) is 3. The number of rotatable bonds is 7. The minimum absolute atomic E-state index is 0.0116. The Hall–Kier alpha value is -2.38. The molecule has 3 aromatic rings. The van der Waals surface area contributed by atoms with Crippen LogP contribution in [0.15, 0.2) is 41.3 Å². The van der Waals surface area contributed by atoms with Gasteiger partial charge in [-0.3, -0.25) is 4.55 Å². The summed E-state index contributed by atoms with van der Waals surface area (Å²) in [4.78, 5) is 11.9. The van der Waals surface area contributed by atoms with E-state index in [0.29, 0.717) is 22.3 Å². The zero-order valence-electron chi connectivity index (χ0n) is 14.9. The monoisotopic (exact) mass is 458 g/mol. The maximum atomic E-state index is 12.7. The van der Waals surface area contributed by atoms with Gasteiger partial charge in [-0.1, -0.05) is 18.2 Å². The number of aryl methyl sites for hydroxylation is 1. The SMILES string of the molecule is Cc1nc(Cl)nc(Nc2ccc3cccc(S(=O)(=O)CCOS(=O)(=O)O)c3c2)n1. The maximum Gasteiger partial charge on any atom is 0.397 e. The molecular weight excluding hydrogens is 444 g/mol. The van der Waals surface area contributed by atoms with Gasteiger partial charge in [0.15, 0.2) is 9.84 Å². The van der Waals surface area contributed by atoms with Crippen LogP contribution < -0.4 is 5.32 Å². The fourth-order valence-corrected chi connectivity index (χ4v) is 4.51. The summed E-state index contributed by atoms with van der Waals surface area (Å²) in [7, 11) is -8.63. The number of anilines is 2. The quantitative estimate of drug-likeness (QED) is 0.505. The summed E-state index contributed by atoms with van der Waals surface area (Å²) in [5.41, 5.74) is 0.510. The first-order valence-electron chi connectivity index (χ1n) is 8.06. The van der Waals surface area contributed by atoms with Gasteiger partial charge in [-0.05, 0) is 42.1 Å². The van der Waals surface area contributed by atoms with E-state index in [0.717, 1.165) is 0 Å². The van der Waals surface area contributed by atoms with E-state index < -0.39 is 32.6 Å². The molecule has 0 aliphatic carbocycles. The Morgan fingerprint density at radius 2 is 1.86 bits per heavy atom. The zero-order chi connectivity index (χ0) is 21.2. The van der Waals surface area contributed by atoms with Crippen molar-refractivity contribution in [3.63, 3.8) is 0 Å². The minimum atomic E-state index is -4.72. The number of aromatic nitrogens is 3. The molecule has 2 aromatic carbocycles. The van der Waals surface area contributed by atoms with E-state index in [-0.39, 0.29) is 16.1 Å². The second kappa shape index (κ2) is 8.16. The summed E-state index contributed by atoms with van der Waals surface area (Å²) in [5.74, 6) is -0.0228. The number of fused-ring (bicyclic) bond motifs is 1. The molecule has 0 saturated heterocycles. The Morgan fingerprint density at radius 1 is 1.10 bits per heavy atom. The van der Waals surface area contributed by atoms with Crippen molar-refractivity contribution in [1.82, 2.24) is 15.0 Å². The Bertz CT molecular complexity index is 1260. The first kappa shape index (κ1) is 21.3. The molecule has 2 N–H and O–H groups in total. The van der Waals surface area contributed by atoms with E-state index in [2.05, 4.69) is 24.5 Å². The molecule has 29 heavy (non-hydrogen) atoms. The van der Waals surface area contributed by atoms with Crippen LogP contribution in [0.3, 0.4) is 0 Å². The van der Waals surface area contributed by atoms with Gasteiger partial charge in [0, 0.05) is 11.1 Å². The normalized spacial score (nSPS) is 12.2. The van der Waals surface area contributed by atoms with E-state index in [1.54, 1.807) is 37.3 Å². The number of hydrogen-bond acceptors (Lipinski definition) is 9. The summed E-state index contributed by atoms with van der Waals surface area (Å²) in [6.45, 7) is 0.941. The van der Waals surface area contributed by atoms with Crippen LogP contribution in [0, 0.1) is 6.92 Å². The van der Waals surface area contributed by atoms with E-state index in [4.69, 9.17) is 16.2 Å². The molecule has 3 rings (SSSR count). The zero-order valence-corrected chi connectivity index (χ0v) is 17.3. The third-order valence-corrected chi connectivity index (χ3v) is 6.10. The number of sulfone groups is 1. The molecule has 154 valence electrons. The Kier molecular flexibility index (Phi) is 6.00. The number of benzene rings is 2. The molecular formula is C16H15ClN4O6S2. The van der Waals surface area contributed by atoms with Crippen LogP contribution in [-0.2, 0) is 24.4 Å². The van der Waals surface area contributed by atoms with Crippen LogP contribution >= 0.6 is 11.6 Å².